The number of para-hydroxylation sites is 2. The first kappa shape index (κ1) is 33.2. The van der Waals surface area contributed by atoms with Gasteiger partial charge >= 0.3 is 0 Å². The highest BCUT2D eigenvalue weighted by Crippen LogP contribution is 2.41. The van der Waals surface area contributed by atoms with E-state index in [-0.39, 0.29) is 0 Å². The van der Waals surface area contributed by atoms with Crippen molar-refractivity contribution < 1.29 is 0 Å². The zero-order valence-electron chi connectivity index (χ0n) is 31.9. The first-order chi connectivity index (χ1) is 29.2. The van der Waals surface area contributed by atoms with Gasteiger partial charge in [-0.25, -0.2) is 15.0 Å². The summed E-state index contributed by atoms with van der Waals surface area (Å²) in [6, 6.07) is 73.2. The van der Waals surface area contributed by atoms with Crippen molar-refractivity contribution in [1.82, 2.24) is 19.5 Å². The quantitative estimate of drug-likeness (QED) is 0.165. The van der Waals surface area contributed by atoms with Crippen molar-refractivity contribution in [2.75, 3.05) is 0 Å². The first-order valence-electron chi connectivity index (χ1n) is 20.0. The third-order valence-corrected chi connectivity index (χ3v) is 11.7. The average Bonchev–Trinajstić information content (AvgIpc) is 3.64. The third-order valence-electron chi connectivity index (χ3n) is 11.7. The largest absolute Gasteiger partial charge is 0.309 e. The Hall–Kier alpha value is -7.95. The van der Waals surface area contributed by atoms with Crippen LogP contribution in [0.25, 0.3) is 116 Å². The monoisotopic (exact) mass is 750 g/mol. The molecule has 0 bridgehead atoms. The smallest absolute Gasteiger partial charge is 0.0972 e. The maximum absolute atomic E-state index is 5.47. The molecule has 0 aliphatic heterocycles. The van der Waals surface area contributed by atoms with Gasteiger partial charge in [0.05, 0.1) is 44.7 Å². The van der Waals surface area contributed by atoms with E-state index in [2.05, 4.69) is 193 Å². The predicted octanol–water partition coefficient (Wildman–Crippen LogP) is 14.2. The Kier molecular flexibility index (Phi) is 7.50. The highest BCUT2D eigenvalue weighted by atomic mass is 15.0. The van der Waals surface area contributed by atoms with Gasteiger partial charge < -0.3 is 4.57 Å². The second kappa shape index (κ2) is 13.3. The predicted molar refractivity (Wildman–Crippen MR) is 246 cm³/mol. The van der Waals surface area contributed by atoms with E-state index in [4.69, 9.17) is 15.0 Å². The molecule has 0 aliphatic carbocycles. The number of pyridine rings is 3. The molecule has 0 saturated heterocycles. The summed E-state index contributed by atoms with van der Waals surface area (Å²) in [7, 11) is 0. The summed E-state index contributed by atoms with van der Waals surface area (Å²) in [6.07, 6.45) is 0. The minimum atomic E-state index is 0.902. The van der Waals surface area contributed by atoms with Crippen molar-refractivity contribution >= 4 is 65.3 Å². The zero-order valence-corrected chi connectivity index (χ0v) is 31.9. The van der Waals surface area contributed by atoms with Gasteiger partial charge in [0.1, 0.15) is 0 Å². The fraction of sp³-hybridized carbons (Fsp3) is 0. The molecule has 274 valence electrons. The van der Waals surface area contributed by atoms with E-state index in [0.717, 1.165) is 88.7 Å². The molecule has 0 saturated carbocycles. The van der Waals surface area contributed by atoms with Crippen LogP contribution >= 0.6 is 0 Å². The second-order valence-electron chi connectivity index (χ2n) is 15.2. The topological polar surface area (TPSA) is 43.6 Å². The van der Waals surface area contributed by atoms with Gasteiger partial charge in [-0.1, -0.05) is 152 Å². The van der Waals surface area contributed by atoms with Gasteiger partial charge in [-0.15, -0.1) is 0 Å². The van der Waals surface area contributed by atoms with Crippen LogP contribution in [0.2, 0.25) is 0 Å². The van der Waals surface area contributed by atoms with E-state index in [1.165, 1.54) is 27.2 Å². The van der Waals surface area contributed by atoms with Gasteiger partial charge in [0.15, 0.2) is 0 Å². The van der Waals surface area contributed by atoms with E-state index < -0.39 is 0 Å². The Bertz CT molecular complexity index is 3590. The summed E-state index contributed by atoms with van der Waals surface area (Å²) in [4.78, 5) is 15.9. The number of hydrogen-bond donors (Lipinski definition) is 0. The van der Waals surface area contributed by atoms with Gasteiger partial charge in [0.2, 0.25) is 0 Å². The van der Waals surface area contributed by atoms with Crippen LogP contribution in [0.3, 0.4) is 0 Å². The molecule has 0 N–H and O–H groups in total. The highest BCUT2D eigenvalue weighted by molar-refractivity contribution is 6.20. The molecular formula is C55H34N4. The fourth-order valence-electron chi connectivity index (χ4n) is 8.87. The molecule has 0 atom stereocenters. The highest BCUT2D eigenvalue weighted by Gasteiger charge is 2.18. The van der Waals surface area contributed by atoms with Crippen molar-refractivity contribution in [3.05, 3.63) is 206 Å². The Morgan fingerprint density at radius 1 is 0.305 bits per heavy atom. The molecule has 59 heavy (non-hydrogen) atoms. The van der Waals surface area contributed by atoms with Crippen molar-refractivity contribution in [2.24, 2.45) is 0 Å². The Morgan fingerprint density at radius 2 is 0.898 bits per heavy atom. The summed E-state index contributed by atoms with van der Waals surface area (Å²) in [5.41, 5.74) is 14.5. The maximum Gasteiger partial charge on any atom is 0.0972 e. The summed E-state index contributed by atoms with van der Waals surface area (Å²) in [5, 5.41) is 8.05. The number of rotatable bonds is 5. The number of nitrogens with zero attached hydrogens (tertiary/aromatic N) is 4. The molecule has 0 aliphatic rings. The van der Waals surface area contributed by atoms with Crippen LogP contribution in [0, 0.1) is 0 Å². The zero-order chi connectivity index (χ0) is 38.9. The molecule has 0 amide bonds. The lowest BCUT2D eigenvalue weighted by molar-refractivity contribution is 1.18. The summed E-state index contributed by atoms with van der Waals surface area (Å²) in [5.74, 6) is 0. The van der Waals surface area contributed by atoms with Crippen LogP contribution < -0.4 is 0 Å². The molecule has 0 radical (unpaired) electrons. The Morgan fingerprint density at radius 3 is 1.64 bits per heavy atom. The summed E-state index contributed by atoms with van der Waals surface area (Å²) in [6.45, 7) is 0. The molecule has 0 fully saturated rings. The molecular weight excluding hydrogens is 717 g/mol. The van der Waals surface area contributed by atoms with E-state index in [1.807, 2.05) is 18.2 Å². The van der Waals surface area contributed by atoms with Crippen LogP contribution in [0.15, 0.2) is 206 Å². The Balaban J connectivity index is 1.02. The van der Waals surface area contributed by atoms with Crippen LogP contribution in [0.1, 0.15) is 0 Å². The number of benzene rings is 8. The van der Waals surface area contributed by atoms with Crippen LogP contribution in [-0.4, -0.2) is 19.5 Å². The minimum absolute atomic E-state index is 0.902. The lowest BCUT2D eigenvalue weighted by Crippen LogP contribution is -1.94. The van der Waals surface area contributed by atoms with Gasteiger partial charge in [0.25, 0.3) is 0 Å². The molecule has 4 aromatic heterocycles. The minimum Gasteiger partial charge on any atom is -0.309 e. The van der Waals surface area contributed by atoms with Crippen LogP contribution in [0.4, 0.5) is 0 Å². The average molecular weight is 751 g/mol. The first-order valence-corrected chi connectivity index (χ1v) is 20.0. The normalized spacial score (nSPS) is 11.7. The van der Waals surface area contributed by atoms with Crippen LogP contribution in [0.5, 0.6) is 0 Å². The van der Waals surface area contributed by atoms with Crippen molar-refractivity contribution in [2.45, 2.75) is 0 Å². The van der Waals surface area contributed by atoms with Gasteiger partial charge in [-0.3, -0.25) is 0 Å². The van der Waals surface area contributed by atoms with Crippen LogP contribution in [-0.2, 0) is 0 Å². The van der Waals surface area contributed by atoms with Crippen molar-refractivity contribution in [1.29, 1.82) is 0 Å². The molecule has 4 heterocycles. The SMILES string of the molecule is c1ccc(-c2ccc3ccc4ccc(-c5cccc(-c6ccc7c(c6)nc(-c6ccccc6)c6cc8c(cc67)c6ccccc6n8-c6ccccc6)c5)nc4c3n2)cc1. The molecule has 4 heteroatoms. The maximum atomic E-state index is 5.47. The summed E-state index contributed by atoms with van der Waals surface area (Å²) < 4.78 is 2.38. The van der Waals surface area contributed by atoms with Crippen molar-refractivity contribution in [3.63, 3.8) is 0 Å². The van der Waals surface area contributed by atoms with Gasteiger partial charge in [-0.2, -0.15) is 0 Å². The van der Waals surface area contributed by atoms with Gasteiger partial charge in [0, 0.05) is 54.7 Å². The van der Waals surface area contributed by atoms with Gasteiger partial charge in [-0.05, 0) is 71.1 Å². The Labute approximate surface area is 340 Å². The summed E-state index contributed by atoms with van der Waals surface area (Å²) >= 11 is 0. The lowest BCUT2D eigenvalue weighted by Gasteiger charge is -2.14. The number of hydrogen-bond acceptors (Lipinski definition) is 3. The molecule has 12 aromatic rings. The molecule has 4 nitrogen and oxygen atoms in total. The second-order valence-corrected chi connectivity index (χ2v) is 15.2. The van der Waals surface area contributed by atoms with E-state index in [0.29, 0.717) is 0 Å². The van der Waals surface area contributed by atoms with E-state index in [1.54, 1.807) is 0 Å². The number of fused-ring (bicyclic) bond motifs is 9. The standard InChI is InChI=1S/C55H34N4/c1-4-13-35(14-5-1)48-29-26-37-23-24-38-27-30-49(57-55(38)54(37)56-48)41-18-12-17-39(31-41)40-25-28-43-45-33-46-44-21-10-11-22-51(44)59(42-19-8-3-9-20-42)52(46)34-47(45)53(58-50(43)32-40)36-15-6-2-7-16-36/h1-34H. The third kappa shape index (κ3) is 5.49. The molecule has 0 spiro atoms. The van der Waals surface area contributed by atoms with E-state index in [9.17, 15) is 0 Å². The fourth-order valence-corrected chi connectivity index (χ4v) is 8.87. The molecule has 12 rings (SSSR count). The number of aromatic nitrogens is 4. The molecule has 0 unspecified atom stereocenters. The van der Waals surface area contributed by atoms with Crippen molar-refractivity contribution in [3.8, 4) is 50.6 Å². The lowest BCUT2D eigenvalue weighted by atomic mass is 9.95. The van der Waals surface area contributed by atoms with E-state index >= 15 is 0 Å². The molecule has 8 aromatic carbocycles.